The number of anilines is 1. The predicted octanol–water partition coefficient (Wildman–Crippen LogP) is 3.51. The van der Waals surface area contributed by atoms with Gasteiger partial charge in [0.2, 0.25) is 0 Å². The predicted molar refractivity (Wildman–Crippen MR) is 82.9 cm³/mol. The number of amides is 1. The van der Waals surface area contributed by atoms with Crippen LogP contribution >= 0.6 is 0 Å². The Kier molecular flexibility index (Phi) is 5.35. The average molecular weight is 285 g/mol. The molecular weight excluding hydrogens is 266 g/mol. The Morgan fingerprint density at radius 1 is 1.05 bits per heavy atom. The molecule has 4 nitrogen and oxygen atoms in total. The Bertz CT molecular complexity index is 566. The van der Waals surface area contributed by atoms with Crippen LogP contribution in [0.4, 0.5) is 10.5 Å². The van der Waals surface area contributed by atoms with Gasteiger partial charge in [0, 0.05) is 19.8 Å². The number of rotatable bonds is 5. The van der Waals surface area contributed by atoms with Gasteiger partial charge in [-0.15, -0.1) is 0 Å². The van der Waals surface area contributed by atoms with E-state index in [1.165, 1.54) is 4.90 Å². The summed E-state index contributed by atoms with van der Waals surface area (Å²) >= 11 is 0. The van der Waals surface area contributed by atoms with E-state index in [1.807, 2.05) is 42.5 Å². The molecule has 0 saturated heterocycles. The number of methoxy groups -OCH3 is 1. The van der Waals surface area contributed by atoms with Crippen LogP contribution in [0.5, 0.6) is 5.75 Å². The van der Waals surface area contributed by atoms with Crippen LogP contribution in [0.25, 0.3) is 0 Å². The van der Waals surface area contributed by atoms with E-state index in [1.54, 1.807) is 26.3 Å². The molecule has 1 amide bonds. The zero-order chi connectivity index (χ0) is 15.1. The van der Waals surface area contributed by atoms with Crippen molar-refractivity contribution in [2.75, 3.05) is 25.7 Å². The normalized spacial score (nSPS) is 10.2. The summed E-state index contributed by atoms with van der Waals surface area (Å²) in [6.07, 6.45) is 0.431. The molecule has 0 aliphatic heterocycles. The Morgan fingerprint density at radius 3 is 2.33 bits per heavy atom. The van der Waals surface area contributed by atoms with Gasteiger partial charge in [0.15, 0.2) is 0 Å². The van der Waals surface area contributed by atoms with Crippen molar-refractivity contribution in [1.29, 1.82) is 0 Å². The number of nitrogens with zero attached hydrogens (tertiary/aromatic N) is 1. The van der Waals surface area contributed by atoms with Crippen molar-refractivity contribution < 1.29 is 14.3 Å². The molecule has 2 rings (SSSR count). The van der Waals surface area contributed by atoms with Crippen molar-refractivity contribution >= 4 is 11.8 Å². The Labute approximate surface area is 124 Å². The third-order valence-corrected chi connectivity index (χ3v) is 3.14. The highest BCUT2D eigenvalue weighted by Crippen LogP contribution is 2.16. The maximum absolute atomic E-state index is 12.1. The zero-order valence-corrected chi connectivity index (χ0v) is 12.3. The molecule has 110 valence electrons. The van der Waals surface area contributed by atoms with E-state index in [0.29, 0.717) is 12.4 Å². The molecule has 0 aromatic heterocycles. The minimum absolute atomic E-state index is 0.411. The highest BCUT2D eigenvalue weighted by atomic mass is 16.6. The van der Waals surface area contributed by atoms with Crippen LogP contribution in [0.3, 0.4) is 0 Å². The lowest BCUT2D eigenvalue weighted by Crippen LogP contribution is -2.29. The van der Waals surface area contributed by atoms with Crippen molar-refractivity contribution in [3.8, 4) is 5.75 Å². The lowest BCUT2D eigenvalue weighted by molar-refractivity contribution is 0.202. The average Bonchev–Trinajstić information content (AvgIpc) is 2.54. The molecule has 0 bridgehead atoms. The van der Waals surface area contributed by atoms with Crippen LogP contribution in [-0.4, -0.2) is 26.9 Å². The zero-order valence-electron chi connectivity index (χ0n) is 12.3. The van der Waals surface area contributed by atoms with E-state index < -0.39 is 6.09 Å². The van der Waals surface area contributed by atoms with Gasteiger partial charge in [-0.2, -0.15) is 0 Å². The van der Waals surface area contributed by atoms with Gasteiger partial charge >= 0.3 is 6.09 Å². The first-order chi connectivity index (χ1) is 10.2. The number of benzene rings is 2. The van der Waals surface area contributed by atoms with Crippen molar-refractivity contribution in [3.05, 3.63) is 60.2 Å². The molecule has 4 heteroatoms. The topological polar surface area (TPSA) is 38.8 Å². The highest BCUT2D eigenvalue weighted by Gasteiger charge is 2.12. The third kappa shape index (κ3) is 4.33. The van der Waals surface area contributed by atoms with E-state index in [9.17, 15) is 4.79 Å². The largest absolute Gasteiger partial charge is 0.419 e. The molecule has 0 aliphatic carbocycles. The molecular formula is C17H19NO3. The quantitative estimate of drug-likeness (QED) is 0.844. The molecule has 2 aromatic carbocycles. The van der Waals surface area contributed by atoms with Crippen molar-refractivity contribution in [3.63, 3.8) is 0 Å². The summed E-state index contributed by atoms with van der Waals surface area (Å²) in [4.78, 5) is 13.5. The van der Waals surface area contributed by atoms with E-state index in [2.05, 4.69) is 0 Å². The molecule has 0 radical (unpaired) electrons. The summed E-state index contributed by atoms with van der Waals surface area (Å²) in [5, 5.41) is 0. The summed E-state index contributed by atoms with van der Waals surface area (Å²) in [6.45, 7) is 0.676. The minimum Gasteiger partial charge on any atom is -0.410 e. The lowest BCUT2D eigenvalue weighted by Gasteiger charge is -2.16. The second-order valence-electron chi connectivity index (χ2n) is 4.65. The SMILES string of the molecule is COCCc1ccc(OC(=O)N(C)c2ccccc2)cc1. The molecule has 2 aromatic rings. The molecule has 0 spiro atoms. The van der Waals surface area contributed by atoms with Crippen LogP contribution in [0.1, 0.15) is 5.56 Å². The third-order valence-electron chi connectivity index (χ3n) is 3.14. The van der Waals surface area contributed by atoms with Crippen molar-refractivity contribution in [2.45, 2.75) is 6.42 Å². The smallest absolute Gasteiger partial charge is 0.410 e. The van der Waals surface area contributed by atoms with Gasteiger partial charge in [-0.3, -0.25) is 4.90 Å². The summed E-state index contributed by atoms with van der Waals surface area (Å²) < 4.78 is 10.4. The van der Waals surface area contributed by atoms with Gasteiger partial charge < -0.3 is 9.47 Å². The van der Waals surface area contributed by atoms with Crippen molar-refractivity contribution in [1.82, 2.24) is 0 Å². The Hall–Kier alpha value is -2.33. The molecule has 21 heavy (non-hydrogen) atoms. The number of para-hydroxylation sites is 1. The first kappa shape index (κ1) is 15.1. The van der Waals surface area contributed by atoms with Crippen molar-refractivity contribution in [2.24, 2.45) is 0 Å². The van der Waals surface area contributed by atoms with Crippen LogP contribution in [0.2, 0.25) is 0 Å². The van der Waals surface area contributed by atoms with Crippen LogP contribution in [-0.2, 0) is 11.2 Å². The molecule has 0 atom stereocenters. The van der Waals surface area contributed by atoms with Gasteiger partial charge in [-0.05, 0) is 36.2 Å². The molecule has 0 heterocycles. The van der Waals surface area contributed by atoms with E-state index >= 15 is 0 Å². The second-order valence-corrected chi connectivity index (χ2v) is 4.65. The fourth-order valence-electron chi connectivity index (χ4n) is 1.87. The highest BCUT2D eigenvalue weighted by molar-refractivity contribution is 5.88. The van der Waals surface area contributed by atoms with E-state index in [4.69, 9.17) is 9.47 Å². The number of hydrogen-bond acceptors (Lipinski definition) is 3. The maximum atomic E-state index is 12.1. The number of carbonyl (C=O) groups excluding carboxylic acids is 1. The minimum atomic E-state index is -0.411. The summed E-state index contributed by atoms with van der Waals surface area (Å²) in [5.41, 5.74) is 1.94. The lowest BCUT2D eigenvalue weighted by atomic mass is 10.1. The Morgan fingerprint density at radius 2 is 1.71 bits per heavy atom. The van der Waals surface area contributed by atoms with Gasteiger partial charge in [0.1, 0.15) is 5.75 Å². The van der Waals surface area contributed by atoms with Gasteiger partial charge in [-0.25, -0.2) is 4.79 Å². The standard InChI is InChI=1S/C17H19NO3/c1-18(15-6-4-3-5-7-15)17(19)21-16-10-8-14(9-11-16)12-13-20-2/h3-11H,12-13H2,1-2H3. The van der Waals surface area contributed by atoms with Gasteiger partial charge in [-0.1, -0.05) is 30.3 Å². The maximum Gasteiger partial charge on any atom is 0.419 e. The number of ether oxygens (including phenoxy) is 2. The fraction of sp³-hybridized carbons (Fsp3) is 0.235. The first-order valence-electron chi connectivity index (χ1n) is 6.79. The monoisotopic (exact) mass is 285 g/mol. The van der Waals surface area contributed by atoms with E-state index in [0.717, 1.165) is 17.7 Å². The molecule has 0 saturated carbocycles. The summed E-state index contributed by atoms with van der Waals surface area (Å²) in [7, 11) is 3.36. The van der Waals surface area contributed by atoms with E-state index in [-0.39, 0.29) is 0 Å². The fourth-order valence-corrected chi connectivity index (χ4v) is 1.87. The second kappa shape index (κ2) is 7.45. The molecule has 0 N–H and O–H groups in total. The first-order valence-corrected chi connectivity index (χ1v) is 6.79. The molecule has 0 aliphatic rings. The van der Waals surface area contributed by atoms with Crippen LogP contribution < -0.4 is 9.64 Å². The summed E-state index contributed by atoms with van der Waals surface area (Å²) in [5.74, 6) is 0.531. The van der Waals surface area contributed by atoms with Gasteiger partial charge in [0.25, 0.3) is 0 Å². The Balaban J connectivity index is 1.96. The summed E-state index contributed by atoms with van der Waals surface area (Å²) in [6, 6.07) is 16.8. The van der Waals surface area contributed by atoms with Crippen LogP contribution in [0.15, 0.2) is 54.6 Å². The number of carbonyl (C=O) groups is 1. The van der Waals surface area contributed by atoms with Gasteiger partial charge in [0.05, 0.1) is 6.61 Å². The molecule has 0 fully saturated rings. The molecule has 0 unspecified atom stereocenters. The van der Waals surface area contributed by atoms with Crippen LogP contribution in [0, 0.1) is 0 Å². The number of hydrogen-bond donors (Lipinski definition) is 0.